The molecular weight excluding hydrogens is 368 g/mol. The van der Waals surface area contributed by atoms with E-state index in [1.807, 2.05) is 7.11 Å². The molecule has 0 amide bonds. The van der Waals surface area contributed by atoms with Crippen molar-refractivity contribution in [3.8, 4) is 0 Å². The molecule has 1 unspecified atom stereocenters. The second-order valence-electron chi connectivity index (χ2n) is 13.1. The van der Waals surface area contributed by atoms with Gasteiger partial charge in [-0.05, 0) is 97.7 Å². The zero-order valence-corrected chi connectivity index (χ0v) is 20.7. The second-order valence-corrected chi connectivity index (χ2v) is 13.1. The molecule has 5 aliphatic rings. The molecule has 0 aromatic rings. The molecule has 1 saturated heterocycles. The molecule has 5 rings (SSSR count). The zero-order chi connectivity index (χ0) is 21.3. The van der Waals surface area contributed by atoms with Crippen LogP contribution in [0.2, 0.25) is 0 Å². The molecule has 0 radical (unpaired) electrons. The minimum atomic E-state index is -0.336. The summed E-state index contributed by atoms with van der Waals surface area (Å²) >= 11 is 0. The molecule has 172 valence electrons. The third-order valence-electron chi connectivity index (χ3n) is 11.7. The summed E-state index contributed by atoms with van der Waals surface area (Å²) in [5, 5.41) is 0. The van der Waals surface area contributed by atoms with Gasteiger partial charge in [0.1, 0.15) is 0 Å². The lowest BCUT2D eigenvalue weighted by atomic mass is 9.44. The van der Waals surface area contributed by atoms with Crippen molar-refractivity contribution in [3.63, 3.8) is 0 Å². The third kappa shape index (κ3) is 2.94. The van der Waals surface area contributed by atoms with Gasteiger partial charge in [0, 0.05) is 19.4 Å². The lowest BCUT2D eigenvalue weighted by Crippen LogP contribution is -2.53. The van der Waals surface area contributed by atoms with Crippen LogP contribution in [0, 0.1) is 52.3 Å². The molecule has 0 N–H and O–H groups in total. The SMILES string of the molecule is CO[C@]1(CCC(C)C)O[C@H]2C[C@H]3[C@@H]4CCC5CCCC[C@]5(C)[C@H]4CC[C@]3(C)[C@H]2[C@@H]1C. The fourth-order valence-corrected chi connectivity index (χ4v) is 10.1. The largest absolute Gasteiger partial charge is 0.353 e. The van der Waals surface area contributed by atoms with Gasteiger partial charge in [-0.1, -0.05) is 47.5 Å². The topological polar surface area (TPSA) is 18.5 Å². The van der Waals surface area contributed by atoms with Crippen molar-refractivity contribution in [1.29, 1.82) is 0 Å². The first-order chi connectivity index (χ1) is 14.2. The predicted molar refractivity (Wildman–Crippen MR) is 123 cm³/mol. The fourth-order valence-electron chi connectivity index (χ4n) is 10.1. The Morgan fingerprint density at radius 2 is 1.77 bits per heavy atom. The molecule has 0 aromatic carbocycles. The Morgan fingerprint density at radius 3 is 2.50 bits per heavy atom. The van der Waals surface area contributed by atoms with Gasteiger partial charge in [0.05, 0.1) is 6.10 Å². The molecule has 5 fully saturated rings. The van der Waals surface area contributed by atoms with Gasteiger partial charge in [-0.3, -0.25) is 0 Å². The smallest absolute Gasteiger partial charge is 0.171 e. The Balaban J connectivity index is 1.39. The second kappa shape index (κ2) is 7.47. The molecule has 10 atom stereocenters. The Kier molecular flexibility index (Phi) is 5.42. The molecule has 30 heavy (non-hydrogen) atoms. The van der Waals surface area contributed by atoms with E-state index >= 15 is 0 Å². The molecule has 1 aliphatic heterocycles. The van der Waals surface area contributed by atoms with Gasteiger partial charge in [-0.2, -0.15) is 0 Å². The van der Waals surface area contributed by atoms with Crippen LogP contribution in [-0.2, 0) is 9.47 Å². The highest BCUT2D eigenvalue weighted by molar-refractivity contribution is 5.14. The van der Waals surface area contributed by atoms with Crippen molar-refractivity contribution in [3.05, 3.63) is 0 Å². The number of ether oxygens (including phenoxy) is 2. The highest BCUT2D eigenvalue weighted by atomic mass is 16.7. The van der Waals surface area contributed by atoms with Crippen LogP contribution in [0.1, 0.15) is 105 Å². The summed E-state index contributed by atoms with van der Waals surface area (Å²) < 4.78 is 13.1. The van der Waals surface area contributed by atoms with Crippen molar-refractivity contribution in [2.24, 2.45) is 52.3 Å². The van der Waals surface area contributed by atoms with E-state index in [9.17, 15) is 0 Å². The molecule has 2 nitrogen and oxygen atoms in total. The summed E-state index contributed by atoms with van der Waals surface area (Å²) in [6.07, 6.45) is 15.9. The van der Waals surface area contributed by atoms with E-state index in [0.29, 0.717) is 34.7 Å². The Bertz CT molecular complexity index is 645. The standard InChI is InChI=1S/C28H48O2/c1-18(2)12-16-28(29-6)19(3)25-24(30-28)17-23-21-11-10-20-9-7-8-14-26(20,4)22(21)13-15-27(23,25)5/h18-25H,7-17H2,1-6H3/t19-,20?,21+,22-,23-,24-,25-,26-,27-,28+/m0/s1. The Hall–Kier alpha value is -0.0800. The Morgan fingerprint density at radius 1 is 0.967 bits per heavy atom. The average molecular weight is 417 g/mol. The quantitative estimate of drug-likeness (QED) is 0.473. The molecule has 1 heterocycles. The molecular formula is C28H48O2. The molecule has 0 spiro atoms. The van der Waals surface area contributed by atoms with E-state index in [4.69, 9.17) is 9.47 Å². The summed E-state index contributed by atoms with van der Waals surface area (Å²) in [7, 11) is 1.90. The van der Waals surface area contributed by atoms with E-state index in [2.05, 4.69) is 34.6 Å². The molecule has 0 bridgehead atoms. The van der Waals surface area contributed by atoms with Gasteiger partial charge in [-0.25, -0.2) is 0 Å². The zero-order valence-electron chi connectivity index (χ0n) is 20.7. The van der Waals surface area contributed by atoms with Gasteiger partial charge in [-0.15, -0.1) is 0 Å². The van der Waals surface area contributed by atoms with Crippen LogP contribution in [0.25, 0.3) is 0 Å². The molecule has 4 aliphatic carbocycles. The summed E-state index contributed by atoms with van der Waals surface area (Å²) in [6, 6.07) is 0. The highest BCUT2D eigenvalue weighted by Gasteiger charge is 2.68. The van der Waals surface area contributed by atoms with E-state index < -0.39 is 0 Å². The van der Waals surface area contributed by atoms with E-state index in [0.717, 1.165) is 30.1 Å². The van der Waals surface area contributed by atoms with E-state index in [1.165, 1.54) is 64.2 Å². The monoisotopic (exact) mass is 416 g/mol. The summed E-state index contributed by atoms with van der Waals surface area (Å²) in [6.45, 7) is 12.5. The van der Waals surface area contributed by atoms with Crippen LogP contribution in [-0.4, -0.2) is 19.0 Å². The van der Waals surface area contributed by atoms with E-state index in [-0.39, 0.29) is 5.79 Å². The highest BCUT2D eigenvalue weighted by Crippen LogP contribution is 2.71. The maximum absolute atomic E-state index is 6.93. The van der Waals surface area contributed by atoms with Gasteiger partial charge in [0.15, 0.2) is 5.79 Å². The summed E-state index contributed by atoms with van der Waals surface area (Å²) in [5.74, 6) is 5.41. The minimum absolute atomic E-state index is 0.336. The van der Waals surface area contributed by atoms with Crippen LogP contribution >= 0.6 is 0 Å². The summed E-state index contributed by atoms with van der Waals surface area (Å²) in [4.78, 5) is 0. The molecule has 4 saturated carbocycles. The lowest BCUT2D eigenvalue weighted by Gasteiger charge is -2.60. The molecule has 2 heteroatoms. The first-order valence-corrected chi connectivity index (χ1v) is 13.5. The van der Waals surface area contributed by atoms with Crippen molar-refractivity contribution < 1.29 is 9.47 Å². The van der Waals surface area contributed by atoms with Crippen LogP contribution in [0.15, 0.2) is 0 Å². The third-order valence-corrected chi connectivity index (χ3v) is 11.7. The van der Waals surface area contributed by atoms with Crippen LogP contribution in [0.5, 0.6) is 0 Å². The van der Waals surface area contributed by atoms with Gasteiger partial charge in [0.2, 0.25) is 0 Å². The Labute approximate surface area is 186 Å². The van der Waals surface area contributed by atoms with Crippen molar-refractivity contribution in [1.82, 2.24) is 0 Å². The van der Waals surface area contributed by atoms with Crippen molar-refractivity contribution >= 4 is 0 Å². The van der Waals surface area contributed by atoms with Crippen LogP contribution in [0.3, 0.4) is 0 Å². The lowest BCUT2D eigenvalue weighted by molar-refractivity contribution is -0.239. The predicted octanol–water partition coefficient (Wildman–Crippen LogP) is 7.46. The maximum Gasteiger partial charge on any atom is 0.171 e. The summed E-state index contributed by atoms with van der Waals surface area (Å²) in [5.41, 5.74) is 1.10. The van der Waals surface area contributed by atoms with Gasteiger partial charge >= 0.3 is 0 Å². The van der Waals surface area contributed by atoms with E-state index in [1.54, 1.807) is 0 Å². The number of methoxy groups -OCH3 is 1. The first-order valence-electron chi connectivity index (χ1n) is 13.5. The number of fused-ring (bicyclic) bond motifs is 7. The average Bonchev–Trinajstić information content (AvgIpc) is 3.17. The number of rotatable bonds is 4. The van der Waals surface area contributed by atoms with Crippen molar-refractivity contribution in [2.45, 2.75) is 117 Å². The van der Waals surface area contributed by atoms with Crippen LogP contribution in [0.4, 0.5) is 0 Å². The normalized spacial score (nSPS) is 55.1. The number of hydrogen-bond acceptors (Lipinski definition) is 2. The number of hydrogen-bond donors (Lipinski definition) is 0. The van der Waals surface area contributed by atoms with Gasteiger partial charge in [0.25, 0.3) is 0 Å². The first kappa shape index (κ1) is 21.7. The fraction of sp³-hybridized carbons (Fsp3) is 1.00. The minimum Gasteiger partial charge on any atom is -0.353 e. The van der Waals surface area contributed by atoms with Crippen molar-refractivity contribution in [2.75, 3.05) is 7.11 Å². The maximum atomic E-state index is 6.93. The molecule has 0 aromatic heterocycles. The van der Waals surface area contributed by atoms with Gasteiger partial charge < -0.3 is 9.47 Å². The van der Waals surface area contributed by atoms with Crippen LogP contribution < -0.4 is 0 Å².